The van der Waals surface area contributed by atoms with Crippen LogP contribution in [0.2, 0.25) is 0 Å². The van der Waals surface area contributed by atoms with Crippen LogP contribution in [-0.4, -0.2) is 44.3 Å². The maximum Gasteiger partial charge on any atom is 0.416 e. The molecule has 2 atom stereocenters. The van der Waals surface area contributed by atoms with Gasteiger partial charge in [-0.1, -0.05) is 39.0 Å². The molecule has 1 aromatic carbocycles. The topological polar surface area (TPSA) is 64.4 Å². The Hall–Kier alpha value is -3.08. The van der Waals surface area contributed by atoms with Crippen molar-refractivity contribution in [2.75, 3.05) is 19.5 Å². The van der Waals surface area contributed by atoms with Crippen LogP contribution in [0.4, 0.5) is 13.2 Å². The van der Waals surface area contributed by atoms with E-state index in [-0.39, 0.29) is 35.2 Å². The van der Waals surface area contributed by atoms with Crippen LogP contribution in [-0.2, 0) is 39.3 Å². The summed E-state index contributed by atoms with van der Waals surface area (Å²) < 4.78 is 55.5. The Morgan fingerprint density at radius 1 is 1.19 bits per heavy atom. The first-order valence-corrected chi connectivity index (χ1v) is 15.7. The number of H-pyrrole nitrogens is 1. The zero-order chi connectivity index (χ0) is 30.2. The number of rotatable bonds is 8. The Bertz CT molecular complexity index is 1590. The average Bonchev–Trinajstić information content (AvgIpc) is 3.60. The van der Waals surface area contributed by atoms with Gasteiger partial charge in [-0.3, -0.25) is 5.10 Å². The van der Waals surface area contributed by atoms with Crippen LogP contribution in [0, 0.1) is 12.3 Å². The molecular weight excluding hydrogens is 561 g/mol. The molecule has 1 N–H and O–H groups in total. The van der Waals surface area contributed by atoms with Gasteiger partial charge in [0.2, 0.25) is 0 Å². The number of hydrogen-bond acceptors (Lipinski definition) is 4. The maximum absolute atomic E-state index is 13.8. The van der Waals surface area contributed by atoms with Gasteiger partial charge in [0.05, 0.1) is 35.9 Å². The van der Waals surface area contributed by atoms with Gasteiger partial charge in [-0.25, -0.2) is 4.98 Å². The molecule has 224 valence electrons. The minimum Gasteiger partial charge on any atom is -0.377 e. The molecule has 1 unspecified atom stereocenters. The fraction of sp³-hybridized carbons (Fsp3) is 0.438. The molecule has 6 nitrogen and oxygen atoms in total. The number of aromatic nitrogens is 4. The number of nitrogens with one attached hydrogen (secondary N) is 1. The number of benzene rings is 1. The van der Waals surface area contributed by atoms with Gasteiger partial charge in [0, 0.05) is 29.8 Å². The molecule has 4 aromatic rings. The minimum atomic E-state index is -4.43. The zero-order valence-electron chi connectivity index (χ0n) is 24.9. The van der Waals surface area contributed by atoms with Crippen molar-refractivity contribution in [1.29, 1.82) is 0 Å². The van der Waals surface area contributed by atoms with Crippen molar-refractivity contribution >= 4 is 22.4 Å². The monoisotopic (exact) mass is 599 g/mol. The van der Waals surface area contributed by atoms with Crippen LogP contribution in [0.3, 0.4) is 0 Å². The van der Waals surface area contributed by atoms with Crippen molar-refractivity contribution in [3.05, 3.63) is 82.4 Å². The Labute approximate surface area is 247 Å². The number of fused-ring (bicyclic) bond motifs is 1. The van der Waals surface area contributed by atoms with Gasteiger partial charge >= 0.3 is 6.18 Å². The van der Waals surface area contributed by atoms with Crippen molar-refractivity contribution in [2.24, 2.45) is 5.41 Å². The highest BCUT2D eigenvalue weighted by Gasteiger charge is 2.36. The summed E-state index contributed by atoms with van der Waals surface area (Å²) in [5.74, 6) is 0. The van der Waals surface area contributed by atoms with Crippen LogP contribution < -0.4 is 0 Å². The molecule has 0 saturated heterocycles. The summed E-state index contributed by atoms with van der Waals surface area (Å²) in [5.41, 5.74) is 6.34. The Morgan fingerprint density at radius 2 is 1.98 bits per heavy atom. The molecular formula is C32H38F3N4O2S+. The second-order valence-electron chi connectivity index (χ2n) is 11.9. The van der Waals surface area contributed by atoms with E-state index in [0.29, 0.717) is 35.4 Å². The third-order valence-corrected chi connectivity index (χ3v) is 10.4. The predicted octanol–water partition coefficient (Wildman–Crippen LogP) is 7.56. The van der Waals surface area contributed by atoms with E-state index in [1.54, 1.807) is 19.2 Å². The van der Waals surface area contributed by atoms with E-state index in [1.165, 1.54) is 6.07 Å². The summed E-state index contributed by atoms with van der Waals surface area (Å²) in [7, 11) is 0. The molecule has 0 aliphatic carbocycles. The quantitative estimate of drug-likeness (QED) is 0.212. The van der Waals surface area contributed by atoms with E-state index in [9.17, 15) is 13.2 Å². The van der Waals surface area contributed by atoms with E-state index in [0.717, 1.165) is 40.6 Å². The van der Waals surface area contributed by atoms with E-state index in [4.69, 9.17) is 13.9 Å². The van der Waals surface area contributed by atoms with Crippen molar-refractivity contribution in [2.45, 2.75) is 65.5 Å². The minimum absolute atomic E-state index is 0.0644. The SMILES string of the molecule is Cc1c(Cc2c(CO[S+](C)[C@H](C)C(C)(C)C)nc3c(-c4ccn[nH]4)cc(C4=CCOCC4)cn23)cccc1C(F)(F)F. The van der Waals surface area contributed by atoms with Crippen molar-refractivity contribution in [3.63, 3.8) is 0 Å². The Balaban J connectivity index is 1.67. The fourth-order valence-corrected chi connectivity index (χ4v) is 6.72. The summed E-state index contributed by atoms with van der Waals surface area (Å²) in [6.07, 6.45) is 4.53. The lowest BCUT2D eigenvalue weighted by Gasteiger charge is -2.23. The normalized spacial score (nSPS) is 16.1. The molecule has 3 aromatic heterocycles. The van der Waals surface area contributed by atoms with Crippen LogP contribution in [0.1, 0.15) is 67.8 Å². The Kier molecular flexibility index (Phi) is 8.60. The van der Waals surface area contributed by atoms with Crippen LogP contribution in [0.5, 0.6) is 0 Å². The first-order chi connectivity index (χ1) is 19.8. The number of imidazole rings is 1. The smallest absolute Gasteiger partial charge is 0.377 e. The number of pyridine rings is 1. The summed E-state index contributed by atoms with van der Waals surface area (Å²) >= 11 is -0.361. The molecule has 10 heteroatoms. The Morgan fingerprint density at radius 3 is 2.62 bits per heavy atom. The molecule has 0 amide bonds. The second kappa shape index (κ2) is 11.9. The molecule has 0 spiro atoms. The second-order valence-corrected chi connectivity index (χ2v) is 13.8. The standard InChI is InChI=1S/C32H38F3N4O2S/c1-20-23(8-7-9-26(20)32(33,34)35)17-29-28(19-41-42(6)21(2)31(3,4)5)37-30-25(27-10-13-36-38-27)16-24(18-39(29)30)22-11-14-40-15-12-22/h7-11,13,16,18,21H,12,14-15,17,19H2,1-6H3,(H,36,38)/q+1/t21-,42?/m1/s1. The van der Waals surface area contributed by atoms with Gasteiger partial charge in [-0.15, -0.1) is 0 Å². The number of halogens is 3. The lowest BCUT2D eigenvalue weighted by atomic mass is 9.93. The first kappa shape index (κ1) is 30.4. The summed E-state index contributed by atoms with van der Waals surface area (Å²) in [6.45, 7) is 11.7. The van der Waals surface area contributed by atoms with Gasteiger partial charge in [-0.05, 0) is 60.7 Å². The predicted molar refractivity (Wildman–Crippen MR) is 162 cm³/mol. The van der Waals surface area contributed by atoms with E-state index >= 15 is 0 Å². The van der Waals surface area contributed by atoms with Gasteiger partial charge in [0.1, 0.15) is 29.7 Å². The first-order valence-electron chi connectivity index (χ1n) is 14.1. The third-order valence-electron chi connectivity index (χ3n) is 8.24. The number of aromatic amines is 1. The molecule has 1 aliphatic heterocycles. The largest absolute Gasteiger partial charge is 0.416 e. The number of alkyl halides is 3. The highest BCUT2D eigenvalue weighted by atomic mass is 32.2. The highest BCUT2D eigenvalue weighted by Crippen LogP contribution is 2.36. The lowest BCUT2D eigenvalue weighted by molar-refractivity contribution is -0.138. The number of hydrogen-bond donors (Lipinski definition) is 1. The molecule has 1 aliphatic rings. The summed E-state index contributed by atoms with van der Waals surface area (Å²) in [6, 6.07) is 8.38. The fourth-order valence-electron chi connectivity index (χ4n) is 5.22. The van der Waals surface area contributed by atoms with E-state index in [2.05, 4.69) is 56.3 Å². The van der Waals surface area contributed by atoms with Crippen LogP contribution in [0.25, 0.3) is 22.5 Å². The maximum atomic E-state index is 13.8. The third kappa shape index (κ3) is 6.31. The number of ether oxygens (including phenoxy) is 1. The van der Waals surface area contributed by atoms with Gasteiger partial charge < -0.3 is 9.14 Å². The highest BCUT2D eigenvalue weighted by molar-refractivity contribution is 7.92. The van der Waals surface area contributed by atoms with E-state index < -0.39 is 11.7 Å². The molecule has 42 heavy (non-hydrogen) atoms. The summed E-state index contributed by atoms with van der Waals surface area (Å²) in [5, 5.41) is 7.53. The van der Waals surface area contributed by atoms with Crippen molar-refractivity contribution in [3.8, 4) is 11.3 Å². The van der Waals surface area contributed by atoms with Crippen LogP contribution >= 0.6 is 0 Å². The van der Waals surface area contributed by atoms with E-state index in [1.807, 2.05) is 16.7 Å². The van der Waals surface area contributed by atoms with Gasteiger partial charge in [0.15, 0.2) is 5.25 Å². The molecule has 0 bridgehead atoms. The molecule has 5 rings (SSSR count). The molecule has 0 fully saturated rings. The molecule has 4 heterocycles. The number of nitrogens with zero attached hydrogens (tertiary/aromatic N) is 3. The van der Waals surface area contributed by atoms with Crippen molar-refractivity contribution in [1.82, 2.24) is 19.6 Å². The van der Waals surface area contributed by atoms with Gasteiger partial charge in [-0.2, -0.15) is 22.5 Å². The molecule has 0 radical (unpaired) electrons. The average molecular weight is 600 g/mol. The van der Waals surface area contributed by atoms with Gasteiger partial charge in [0.25, 0.3) is 0 Å². The summed E-state index contributed by atoms with van der Waals surface area (Å²) in [4.78, 5) is 5.07. The zero-order valence-corrected chi connectivity index (χ0v) is 25.7. The lowest BCUT2D eigenvalue weighted by Crippen LogP contribution is -2.32. The van der Waals surface area contributed by atoms with Crippen LogP contribution in [0.15, 0.2) is 48.8 Å². The molecule has 0 saturated carbocycles. The van der Waals surface area contributed by atoms with Crippen molar-refractivity contribution < 1.29 is 22.1 Å².